The largest absolute Gasteiger partial charge is 0.361 e. The summed E-state index contributed by atoms with van der Waals surface area (Å²) in [4.78, 5) is 16.9. The molecule has 2 aromatic heterocycles. The lowest BCUT2D eigenvalue weighted by molar-refractivity contribution is 0.0938. The molecule has 7 heteroatoms. The number of imidazole rings is 1. The van der Waals surface area contributed by atoms with E-state index >= 15 is 0 Å². The van der Waals surface area contributed by atoms with E-state index in [1.54, 1.807) is 56.1 Å². The molecule has 6 nitrogen and oxygen atoms in total. The summed E-state index contributed by atoms with van der Waals surface area (Å²) < 4.78 is 21.1. The van der Waals surface area contributed by atoms with Crippen LogP contribution in [0.25, 0.3) is 0 Å². The molecule has 0 fully saturated rings. The lowest BCUT2D eigenvalue weighted by Crippen LogP contribution is -2.32. The summed E-state index contributed by atoms with van der Waals surface area (Å²) in [5, 5.41) is 6.62. The van der Waals surface area contributed by atoms with Crippen molar-refractivity contribution in [1.82, 2.24) is 20.0 Å². The van der Waals surface area contributed by atoms with Crippen molar-refractivity contribution < 1.29 is 13.7 Å². The van der Waals surface area contributed by atoms with Crippen LogP contribution in [0.2, 0.25) is 0 Å². The zero-order chi connectivity index (χ0) is 17.3. The minimum atomic E-state index is -0.729. The number of aromatic nitrogens is 3. The quantitative estimate of drug-likeness (QED) is 0.799. The molecule has 1 aromatic carbocycles. The van der Waals surface area contributed by atoms with Crippen molar-refractivity contribution in [2.75, 3.05) is 0 Å². The van der Waals surface area contributed by atoms with Gasteiger partial charge in [0.15, 0.2) is 0 Å². The first-order valence-corrected chi connectivity index (χ1v) is 7.44. The van der Waals surface area contributed by atoms with Crippen LogP contribution in [0.3, 0.4) is 0 Å². The molecule has 0 bridgehead atoms. The Morgan fingerprint density at radius 3 is 2.67 bits per heavy atom. The Balaban J connectivity index is 2.02. The van der Waals surface area contributed by atoms with Gasteiger partial charge in [0.05, 0.1) is 5.69 Å². The Morgan fingerprint density at radius 1 is 1.33 bits per heavy atom. The Bertz CT molecular complexity index is 865. The highest BCUT2D eigenvalue weighted by molar-refractivity contribution is 5.96. The monoisotopic (exact) mass is 328 g/mol. The molecule has 0 radical (unpaired) electrons. The maximum atomic E-state index is 14.3. The first-order valence-electron chi connectivity index (χ1n) is 7.44. The molecule has 0 aliphatic heterocycles. The van der Waals surface area contributed by atoms with Crippen molar-refractivity contribution in [3.05, 3.63) is 70.9 Å². The van der Waals surface area contributed by atoms with Crippen LogP contribution in [0, 0.1) is 19.7 Å². The van der Waals surface area contributed by atoms with Gasteiger partial charge in [-0.15, -0.1) is 0 Å². The average molecular weight is 328 g/mol. The Hall–Kier alpha value is -2.96. The van der Waals surface area contributed by atoms with Crippen molar-refractivity contribution in [2.24, 2.45) is 7.05 Å². The normalized spacial score (nSPS) is 12.2. The van der Waals surface area contributed by atoms with Crippen LogP contribution >= 0.6 is 0 Å². The molecule has 0 aliphatic rings. The van der Waals surface area contributed by atoms with E-state index in [0.29, 0.717) is 28.4 Å². The van der Waals surface area contributed by atoms with E-state index in [4.69, 9.17) is 4.52 Å². The van der Waals surface area contributed by atoms with Gasteiger partial charge in [0.2, 0.25) is 0 Å². The first kappa shape index (κ1) is 15.9. The fraction of sp³-hybridized carbons (Fsp3) is 0.235. The Morgan fingerprint density at radius 2 is 2.08 bits per heavy atom. The molecule has 0 aliphatic carbocycles. The summed E-state index contributed by atoms with van der Waals surface area (Å²) in [6.07, 6.45) is 3.34. The highest BCUT2D eigenvalue weighted by Gasteiger charge is 2.26. The number of amides is 1. The number of nitrogens with one attached hydrogen (secondary N) is 1. The molecule has 0 saturated carbocycles. The molecule has 0 saturated heterocycles. The number of hydrogen-bond acceptors (Lipinski definition) is 4. The number of halogens is 1. The van der Waals surface area contributed by atoms with Gasteiger partial charge in [0.25, 0.3) is 5.91 Å². The first-order chi connectivity index (χ1) is 11.5. The molecule has 1 atom stereocenters. The molecule has 3 aromatic rings. The maximum Gasteiger partial charge on any atom is 0.257 e. The van der Waals surface area contributed by atoms with E-state index in [9.17, 15) is 9.18 Å². The lowest BCUT2D eigenvalue weighted by atomic mass is 10.0. The molecule has 0 spiro atoms. The van der Waals surface area contributed by atoms with Crippen molar-refractivity contribution in [3.8, 4) is 0 Å². The average Bonchev–Trinajstić information content (AvgIpc) is 3.11. The third-order valence-electron chi connectivity index (χ3n) is 3.87. The van der Waals surface area contributed by atoms with Crippen LogP contribution in [-0.4, -0.2) is 20.6 Å². The summed E-state index contributed by atoms with van der Waals surface area (Å²) in [5.74, 6) is 0.143. The molecule has 0 unspecified atom stereocenters. The van der Waals surface area contributed by atoms with Gasteiger partial charge in [-0.2, -0.15) is 0 Å². The van der Waals surface area contributed by atoms with Crippen LogP contribution in [0.5, 0.6) is 0 Å². The SMILES string of the molecule is Cc1noc(C)c1C(=O)N[C@H](c1ccccc1F)c1nccn1C. The molecule has 1 amide bonds. The van der Waals surface area contributed by atoms with E-state index in [1.165, 1.54) is 6.07 Å². The van der Waals surface area contributed by atoms with Crippen LogP contribution in [0.4, 0.5) is 4.39 Å². The fourth-order valence-corrected chi connectivity index (χ4v) is 2.66. The number of benzene rings is 1. The van der Waals surface area contributed by atoms with Gasteiger partial charge in [-0.05, 0) is 19.9 Å². The van der Waals surface area contributed by atoms with E-state index in [2.05, 4.69) is 15.5 Å². The summed E-state index contributed by atoms with van der Waals surface area (Å²) in [7, 11) is 1.79. The molecular weight excluding hydrogens is 311 g/mol. The molecule has 24 heavy (non-hydrogen) atoms. The Labute approximate surface area is 138 Å². The van der Waals surface area contributed by atoms with Crippen molar-refractivity contribution >= 4 is 5.91 Å². The molecule has 3 rings (SSSR count). The molecule has 124 valence electrons. The molecule has 2 heterocycles. The van der Waals surface area contributed by atoms with Gasteiger partial charge < -0.3 is 14.4 Å². The van der Waals surface area contributed by atoms with Gasteiger partial charge in [-0.3, -0.25) is 4.79 Å². The second-order valence-corrected chi connectivity index (χ2v) is 5.52. The summed E-state index contributed by atoms with van der Waals surface area (Å²) in [5.41, 5.74) is 1.18. The number of hydrogen-bond donors (Lipinski definition) is 1. The molecule has 1 N–H and O–H groups in total. The van der Waals surface area contributed by atoms with Gasteiger partial charge in [-0.1, -0.05) is 23.4 Å². The number of nitrogens with zero attached hydrogens (tertiary/aromatic N) is 3. The highest BCUT2D eigenvalue weighted by atomic mass is 19.1. The van der Waals surface area contributed by atoms with Gasteiger partial charge in [0, 0.05) is 25.0 Å². The second-order valence-electron chi connectivity index (χ2n) is 5.52. The zero-order valence-electron chi connectivity index (χ0n) is 13.6. The van der Waals surface area contributed by atoms with Crippen molar-refractivity contribution in [1.29, 1.82) is 0 Å². The molecular formula is C17H17FN4O2. The second kappa shape index (κ2) is 6.27. The number of aryl methyl sites for hydroxylation is 3. The summed E-state index contributed by atoms with van der Waals surface area (Å²) >= 11 is 0. The van der Waals surface area contributed by atoms with Gasteiger partial charge >= 0.3 is 0 Å². The smallest absolute Gasteiger partial charge is 0.257 e. The Kier molecular flexibility index (Phi) is 4.16. The number of carbonyl (C=O) groups is 1. The van der Waals surface area contributed by atoms with Crippen LogP contribution in [0.15, 0.2) is 41.2 Å². The topological polar surface area (TPSA) is 73.0 Å². The van der Waals surface area contributed by atoms with Crippen LogP contribution in [0.1, 0.15) is 39.2 Å². The number of carbonyl (C=O) groups excluding carboxylic acids is 1. The zero-order valence-corrected chi connectivity index (χ0v) is 13.6. The number of rotatable bonds is 4. The van der Waals surface area contributed by atoms with Gasteiger partial charge in [-0.25, -0.2) is 9.37 Å². The van der Waals surface area contributed by atoms with E-state index < -0.39 is 11.9 Å². The predicted octanol–water partition coefficient (Wildman–Crippen LogP) is 2.68. The van der Waals surface area contributed by atoms with E-state index in [0.717, 1.165) is 0 Å². The maximum absolute atomic E-state index is 14.3. The highest BCUT2D eigenvalue weighted by Crippen LogP contribution is 2.24. The third kappa shape index (κ3) is 2.80. The third-order valence-corrected chi connectivity index (χ3v) is 3.87. The summed E-state index contributed by atoms with van der Waals surface area (Å²) in [6, 6.07) is 5.57. The lowest BCUT2D eigenvalue weighted by Gasteiger charge is -2.19. The fourth-order valence-electron chi connectivity index (χ4n) is 2.66. The van der Waals surface area contributed by atoms with Crippen LogP contribution in [-0.2, 0) is 7.05 Å². The minimum Gasteiger partial charge on any atom is -0.361 e. The van der Waals surface area contributed by atoms with Crippen molar-refractivity contribution in [3.63, 3.8) is 0 Å². The van der Waals surface area contributed by atoms with E-state index in [1.807, 2.05) is 0 Å². The summed E-state index contributed by atoms with van der Waals surface area (Å²) in [6.45, 7) is 3.35. The minimum absolute atomic E-state index is 0.340. The van der Waals surface area contributed by atoms with E-state index in [-0.39, 0.29) is 5.91 Å². The van der Waals surface area contributed by atoms with Crippen molar-refractivity contribution in [2.45, 2.75) is 19.9 Å². The standard InChI is InChI=1S/C17H17FN4O2/c1-10-14(11(2)24-21-10)17(23)20-15(16-19-8-9-22(16)3)12-6-4-5-7-13(12)18/h4-9,15H,1-3H3,(H,20,23)/t15-/m1/s1. The van der Waals surface area contributed by atoms with Crippen LogP contribution < -0.4 is 5.32 Å². The predicted molar refractivity (Wildman–Crippen MR) is 84.9 cm³/mol. The van der Waals surface area contributed by atoms with Gasteiger partial charge in [0.1, 0.15) is 29.0 Å².